The summed E-state index contributed by atoms with van der Waals surface area (Å²) in [5.41, 5.74) is 2.47. The molecule has 1 saturated carbocycles. The van der Waals surface area contributed by atoms with Crippen molar-refractivity contribution in [3.8, 4) is 6.01 Å². The van der Waals surface area contributed by atoms with Crippen LogP contribution in [-0.4, -0.2) is 17.1 Å². The van der Waals surface area contributed by atoms with Crippen molar-refractivity contribution in [1.29, 1.82) is 0 Å². The van der Waals surface area contributed by atoms with Crippen LogP contribution in [-0.2, 0) is 0 Å². The summed E-state index contributed by atoms with van der Waals surface area (Å²) in [5, 5.41) is 0. The summed E-state index contributed by atoms with van der Waals surface area (Å²) in [6.45, 7) is 4.36. The van der Waals surface area contributed by atoms with Crippen molar-refractivity contribution in [2.24, 2.45) is 0 Å². The minimum Gasteiger partial charge on any atom is -0.467 e. The average Bonchev–Trinajstić information content (AvgIpc) is 3.00. The molecule has 1 aliphatic carbocycles. The molecule has 3 nitrogen and oxygen atoms in total. The van der Waals surface area contributed by atoms with Gasteiger partial charge in [0, 0.05) is 12.1 Å². The minimum absolute atomic E-state index is 0.497. The maximum absolute atomic E-state index is 5.05. The van der Waals surface area contributed by atoms with Gasteiger partial charge in [0.15, 0.2) is 0 Å². The van der Waals surface area contributed by atoms with E-state index in [2.05, 4.69) is 23.8 Å². The lowest BCUT2D eigenvalue weighted by Gasteiger charge is -2.11. The first kappa shape index (κ1) is 9.44. The number of aromatic nitrogens is 2. The summed E-state index contributed by atoms with van der Waals surface area (Å²) >= 11 is 0. The van der Waals surface area contributed by atoms with E-state index in [1.165, 1.54) is 24.1 Å². The summed E-state index contributed by atoms with van der Waals surface area (Å²) in [6, 6.07) is 0.497. The molecule has 1 aromatic heterocycles. The molecule has 0 bridgehead atoms. The van der Waals surface area contributed by atoms with E-state index in [-0.39, 0.29) is 0 Å². The van der Waals surface area contributed by atoms with Gasteiger partial charge in [0.05, 0.1) is 12.8 Å². The molecular weight excluding hydrogens is 176 g/mol. The highest BCUT2D eigenvalue weighted by Gasteiger charge is 2.29. The first-order valence-corrected chi connectivity index (χ1v) is 5.13. The molecule has 0 radical (unpaired) electrons. The van der Waals surface area contributed by atoms with Gasteiger partial charge in [-0.1, -0.05) is 13.8 Å². The molecule has 0 spiro atoms. The van der Waals surface area contributed by atoms with Gasteiger partial charge in [-0.15, -0.1) is 0 Å². The summed E-state index contributed by atoms with van der Waals surface area (Å²) in [6.07, 6.45) is 4.43. The third-order valence-electron chi connectivity index (χ3n) is 2.59. The molecule has 1 aromatic rings. The topological polar surface area (TPSA) is 35.0 Å². The maximum atomic E-state index is 5.05. The number of rotatable bonds is 3. The quantitative estimate of drug-likeness (QED) is 0.738. The van der Waals surface area contributed by atoms with E-state index in [0.717, 1.165) is 0 Å². The van der Waals surface area contributed by atoms with Crippen molar-refractivity contribution in [3.63, 3.8) is 0 Å². The lowest BCUT2D eigenvalue weighted by atomic mass is 10.0. The summed E-state index contributed by atoms with van der Waals surface area (Å²) < 4.78 is 5.05. The molecule has 0 N–H and O–H groups in total. The molecule has 0 unspecified atom stereocenters. The SMILES string of the molecule is COc1ncc(C(C)C)c(C2CC2)n1. The Hall–Kier alpha value is -1.12. The van der Waals surface area contributed by atoms with E-state index in [1.807, 2.05) is 6.20 Å². The van der Waals surface area contributed by atoms with E-state index < -0.39 is 0 Å². The number of methoxy groups -OCH3 is 1. The molecule has 0 aromatic carbocycles. The standard InChI is InChI=1S/C11H16N2O/c1-7(2)9-6-12-11(14-3)13-10(9)8-4-5-8/h6-8H,4-5H2,1-3H3. The lowest BCUT2D eigenvalue weighted by Crippen LogP contribution is -2.02. The Morgan fingerprint density at radius 2 is 2.14 bits per heavy atom. The minimum atomic E-state index is 0.497. The smallest absolute Gasteiger partial charge is 0.316 e. The Kier molecular flexibility index (Phi) is 2.40. The van der Waals surface area contributed by atoms with Gasteiger partial charge in [-0.05, 0) is 24.3 Å². The maximum Gasteiger partial charge on any atom is 0.316 e. The molecule has 0 amide bonds. The highest BCUT2D eigenvalue weighted by molar-refractivity contribution is 5.28. The highest BCUT2D eigenvalue weighted by Crippen LogP contribution is 2.42. The average molecular weight is 192 g/mol. The number of hydrogen-bond donors (Lipinski definition) is 0. The largest absolute Gasteiger partial charge is 0.467 e. The second kappa shape index (κ2) is 3.56. The van der Waals surface area contributed by atoms with E-state index in [0.29, 0.717) is 17.8 Å². The predicted molar refractivity (Wildman–Crippen MR) is 54.6 cm³/mol. The van der Waals surface area contributed by atoms with Gasteiger partial charge in [-0.3, -0.25) is 0 Å². The van der Waals surface area contributed by atoms with Crippen LogP contribution in [0.4, 0.5) is 0 Å². The van der Waals surface area contributed by atoms with Crippen LogP contribution in [0.5, 0.6) is 6.01 Å². The van der Waals surface area contributed by atoms with Crippen LogP contribution in [0.15, 0.2) is 6.20 Å². The third kappa shape index (κ3) is 1.72. The van der Waals surface area contributed by atoms with Gasteiger partial charge in [0.2, 0.25) is 0 Å². The first-order valence-electron chi connectivity index (χ1n) is 5.13. The summed E-state index contributed by atoms with van der Waals surface area (Å²) in [4.78, 5) is 8.60. The van der Waals surface area contributed by atoms with Gasteiger partial charge >= 0.3 is 6.01 Å². The predicted octanol–water partition coefficient (Wildman–Crippen LogP) is 2.49. The summed E-state index contributed by atoms with van der Waals surface area (Å²) in [7, 11) is 1.61. The number of ether oxygens (including phenoxy) is 1. The van der Waals surface area contributed by atoms with Crippen molar-refractivity contribution in [2.45, 2.75) is 38.5 Å². The molecule has 1 aliphatic rings. The molecule has 2 rings (SSSR count). The van der Waals surface area contributed by atoms with Crippen molar-refractivity contribution < 1.29 is 4.74 Å². The van der Waals surface area contributed by atoms with Gasteiger partial charge in [0.25, 0.3) is 0 Å². The van der Waals surface area contributed by atoms with Gasteiger partial charge in [-0.2, -0.15) is 4.98 Å². The normalized spacial score (nSPS) is 16.0. The lowest BCUT2D eigenvalue weighted by molar-refractivity contribution is 0.377. The fourth-order valence-electron chi connectivity index (χ4n) is 1.61. The second-order valence-electron chi connectivity index (χ2n) is 4.13. The van der Waals surface area contributed by atoms with Crippen LogP contribution >= 0.6 is 0 Å². The second-order valence-corrected chi connectivity index (χ2v) is 4.13. The van der Waals surface area contributed by atoms with Gasteiger partial charge in [-0.25, -0.2) is 4.98 Å². The fourth-order valence-corrected chi connectivity index (χ4v) is 1.61. The summed E-state index contributed by atoms with van der Waals surface area (Å²) in [5.74, 6) is 1.15. The van der Waals surface area contributed by atoms with Gasteiger partial charge in [0.1, 0.15) is 0 Å². The van der Waals surface area contributed by atoms with E-state index >= 15 is 0 Å². The van der Waals surface area contributed by atoms with Gasteiger partial charge < -0.3 is 4.74 Å². The molecule has 0 saturated heterocycles. The monoisotopic (exact) mass is 192 g/mol. The van der Waals surface area contributed by atoms with Crippen molar-refractivity contribution in [2.75, 3.05) is 7.11 Å². The zero-order valence-electron chi connectivity index (χ0n) is 8.95. The van der Waals surface area contributed by atoms with Crippen LogP contribution in [0.1, 0.15) is 49.8 Å². The van der Waals surface area contributed by atoms with E-state index in [9.17, 15) is 0 Å². The zero-order valence-corrected chi connectivity index (χ0v) is 8.95. The zero-order chi connectivity index (χ0) is 10.1. The van der Waals surface area contributed by atoms with Crippen LogP contribution in [0, 0.1) is 0 Å². The van der Waals surface area contributed by atoms with Crippen molar-refractivity contribution >= 4 is 0 Å². The molecule has 14 heavy (non-hydrogen) atoms. The molecule has 1 heterocycles. The molecular formula is C11H16N2O. The first-order chi connectivity index (χ1) is 6.72. The van der Waals surface area contributed by atoms with E-state index in [4.69, 9.17) is 4.74 Å². The van der Waals surface area contributed by atoms with Crippen LogP contribution in [0.25, 0.3) is 0 Å². The molecule has 0 atom stereocenters. The van der Waals surface area contributed by atoms with Crippen molar-refractivity contribution in [1.82, 2.24) is 9.97 Å². The molecule has 3 heteroatoms. The Bertz CT molecular complexity index is 332. The molecule has 1 fully saturated rings. The molecule has 76 valence electrons. The highest BCUT2D eigenvalue weighted by atomic mass is 16.5. The Labute approximate surface area is 84.5 Å². The number of nitrogens with zero attached hydrogens (tertiary/aromatic N) is 2. The van der Waals surface area contributed by atoms with Crippen molar-refractivity contribution in [3.05, 3.63) is 17.5 Å². The fraction of sp³-hybridized carbons (Fsp3) is 0.636. The molecule has 0 aliphatic heterocycles. The number of hydrogen-bond acceptors (Lipinski definition) is 3. The van der Waals surface area contributed by atoms with Crippen LogP contribution < -0.4 is 4.74 Å². The Morgan fingerprint density at radius 1 is 1.43 bits per heavy atom. The van der Waals surface area contributed by atoms with Crippen LogP contribution in [0.2, 0.25) is 0 Å². The van der Waals surface area contributed by atoms with Crippen LogP contribution in [0.3, 0.4) is 0 Å². The Balaban J connectivity index is 2.38. The van der Waals surface area contributed by atoms with E-state index in [1.54, 1.807) is 7.11 Å². The third-order valence-corrected chi connectivity index (χ3v) is 2.59. The Morgan fingerprint density at radius 3 is 2.64 bits per heavy atom.